The zero-order chi connectivity index (χ0) is 12.4. The molecule has 0 spiro atoms. The zero-order valence-electron chi connectivity index (χ0n) is 10.7. The van der Waals surface area contributed by atoms with Gasteiger partial charge >= 0.3 is 0 Å². The fourth-order valence-corrected chi connectivity index (χ4v) is 2.59. The van der Waals surface area contributed by atoms with Crippen molar-refractivity contribution >= 4 is 11.3 Å². The zero-order valence-corrected chi connectivity index (χ0v) is 11.5. The van der Waals surface area contributed by atoms with Crippen LogP contribution in [0.2, 0.25) is 0 Å². The van der Waals surface area contributed by atoms with Gasteiger partial charge in [-0.1, -0.05) is 0 Å². The van der Waals surface area contributed by atoms with E-state index >= 15 is 0 Å². The molecule has 2 aromatic rings. The van der Waals surface area contributed by atoms with E-state index in [1.807, 2.05) is 12.4 Å². The van der Waals surface area contributed by atoms with Gasteiger partial charge in [0.2, 0.25) is 0 Å². The highest BCUT2D eigenvalue weighted by molar-refractivity contribution is 7.07. The van der Waals surface area contributed by atoms with Gasteiger partial charge in [-0.15, -0.1) is 11.3 Å². The molecule has 2 rings (SSSR count). The highest BCUT2D eigenvalue weighted by Crippen LogP contribution is 2.34. The van der Waals surface area contributed by atoms with Gasteiger partial charge in [-0.2, -0.15) is 0 Å². The van der Waals surface area contributed by atoms with Crippen molar-refractivity contribution < 1.29 is 4.74 Å². The number of rotatable bonds is 3. The summed E-state index contributed by atoms with van der Waals surface area (Å²) in [5, 5.41) is 2.08. The predicted octanol–water partition coefficient (Wildman–Crippen LogP) is 4.13. The van der Waals surface area contributed by atoms with Crippen LogP contribution < -0.4 is 4.74 Å². The van der Waals surface area contributed by atoms with Crippen LogP contribution in [0.15, 0.2) is 17.0 Å². The molecule has 3 heteroatoms. The maximum absolute atomic E-state index is 5.70. The fraction of sp³-hybridized carbons (Fsp3) is 0.357. The van der Waals surface area contributed by atoms with E-state index in [4.69, 9.17) is 4.74 Å². The number of benzene rings is 1. The van der Waals surface area contributed by atoms with Crippen molar-refractivity contribution in [1.82, 2.24) is 4.98 Å². The molecule has 0 saturated heterocycles. The molecule has 0 saturated carbocycles. The third-order valence-corrected chi connectivity index (χ3v) is 3.61. The lowest BCUT2D eigenvalue weighted by molar-refractivity contribution is 0.335. The first-order valence-electron chi connectivity index (χ1n) is 5.77. The number of nitrogens with zero attached hydrogens (tertiary/aromatic N) is 1. The van der Waals surface area contributed by atoms with Crippen LogP contribution in [0, 0.1) is 20.8 Å². The van der Waals surface area contributed by atoms with Crippen LogP contribution in [-0.4, -0.2) is 11.6 Å². The summed E-state index contributed by atoms with van der Waals surface area (Å²) in [4.78, 5) is 4.38. The topological polar surface area (TPSA) is 22.1 Å². The van der Waals surface area contributed by atoms with Gasteiger partial charge in [-0.25, -0.2) is 4.98 Å². The number of aromatic nitrogens is 1. The van der Waals surface area contributed by atoms with E-state index < -0.39 is 0 Å². The summed E-state index contributed by atoms with van der Waals surface area (Å²) in [5.41, 5.74) is 7.79. The Morgan fingerprint density at radius 1 is 1.24 bits per heavy atom. The van der Waals surface area contributed by atoms with Crippen LogP contribution >= 0.6 is 11.3 Å². The molecule has 1 aromatic carbocycles. The number of thiazole rings is 1. The first kappa shape index (κ1) is 12.1. The smallest absolute Gasteiger partial charge is 0.125 e. The van der Waals surface area contributed by atoms with Crippen molar-refractivity contribution in [3.63, 3.8) is 0 Å². The first-order chi connectivity index (χ1) is 8.15. The molecule has 0 bridgehead atoms. The van der Waals surface area contributed by atoms with E-state index in [2.05, 4.69) is 37.2 Å². The molecule has 0 aliphatic rings. The van der Waals surface area contributed by atoms with Crippen LogP contribution in [0.4, 0.5) is 0 Å². The van der Waals surface area contributed by atoms with E-state index in [-0.39, 0.29) is 0 Å². The van der Waals surface area contributed by atoms with Crippen LogP contribution in [0.3, 0.4) is 0 Å². The second-order valence-electron chi connectivity index (χ2n) is 4.13. The highest BCUT2D eigenvalue weighted by Gasteiger charge is 2.13. The van der Waals surface area contributed by atoms with Crippen molar-refractivity contribution in [2.24, 2.45) is 0 Å². The Hall–Kier alpha value is -1.35. The van der Waals surface area contributed by atoms with Crippen LogP contribution in [0.1, 0.15) is 23.6 Å². The fourth-order valence-electron chi connectivity index (χ4n) is 2.04. The largest absolute Gasteiger partial charge is 0.493 e. The molecule has 0 unspecified atom stereocenters. The second-order valence-corrected chi connectivity index (χ2v) is 4.85. The lowest BCUT2D eigenvalue weighted by Gasteiger charge is -2.15. The van der Waals surface area contributed by atoms with E-state index in [1.165, 1.54) is 22.3 Å². The molecule has 90 valence electrons. The van der Waals surface area contributed by atoms with Gasteiger partial charge in [0.25, 0.3) is 0 Å². The standard InChI is InChI=1S/C14H17NOS/c1-5-16-14-9(2)6-12(10(3)11(14)4)13-7-17-8-15-13/h6-8H,5H2,1-4H3. The van der Waals surface area contributed by atoms with Gasteiger partial charge in [0, 0.05) is 10.9 Å². The van der Waals surface area contributed by atoms with Gasteiger partial charge in [-0.05, 0) is 50.5 Å². The summed E-state index contributed by atoms with van der Waals surface area (Å²) in [7, 11) is 0. The average Bonchev–Trinajstić information content (AvgIpc) is 2.83. The summed E-state index contributed by atoms with van der Waals surface area (Å²) >= 11 is 1.63. The maximum atomic E-state index is 5.70. The number of hydrogen-bond donors (Lipinski definition) is 0. The molecule has 1 aromatic heterocycles. The molecule has 0 radical (unpaired) electrons. The number of hydrogen-bond acceptors (Lipinski definition) is 3. The summed E-state index contributed by atoms with van der Waals surface area (Å²) in [6.07, 6.45) is 0. The monoisotopic (exact) mass is 247 g/mol. The minimum atomic E-state index is 0.706. The lowest BCUT2D eigenvalue weighted by Crippen LogP contribution is -2.00. The molecular weight excluding hydrogens is 230 g/mol. The average molecular weight is 247 g/mol. The van der Waals surface area contributed by atoms with Crippen LogP contribution in [0.5, 0.6) is 5.75 Å². The first-order valence-corrected chi connectivity index (χ1v) is 6.71. The molecule has 0 amide bonds. The van der Waals surface area contributed by atoms with Crippen LogP contribution in [0.25, 0.3) is 11.3 Å². The Kier molecular flexibility index (Phi) is 3.48. The molecule has 0 aliphatic carbocycles. The summed E-state index contributed by atoms with van der Waals surface area (Å²) in [6.45, 7) is 9.06. The molecule has 0 N–H and O–H groups in total. The Labute approximate surface area is 106 Å². The Bertz CT molecular complexity index is 518. The van der Waals surface area contributed by atoms with Crippen molar-refractivity contribution in [2.75, 3.05) is 6.61 Å². The Balaban J connectivity index is 2.58. The molecule has 1 heterocycles. The third kappa shape index (κ3) is 2.20. The third-order valence-electron chi connectivity index (χ3n) is 3.02. The SMILES string of the molecule is CCOc1c(C)cc(-c2cscn2)c(C)c1C. The van der Waals surface area contributed by atoms with Gasteiger partial charge < -0.3 is 4.74 Å². The quantitative estimate of drug-likeness (QED) is 0.813. The van der Waals surface area contributed by atoms with Crippen molar-refractivity contribution in [1.29, 1.82) is 0 Å². The molecule has 0 fully saturated rings. The summed E-state index contributed by atoms with van der Waals surface area (Å²) < 4.78 is 5.70. The van der Waals surface area contributed by atoms with E-state index in [0.29, 0.717) is 6.61 Å². The lowest BCUT2D eigenvalue weighted by atomic mass is 9.97. The minimum absolute atomic E-state index is 0.706. The number of ether oxygens (including phenoxy) is 1. The maximum Gasteiger partial charge on any atom is 0.125 e. The van der Waals surface area contributed by atoms with Crippen molar-refractivity contribution in [2.45, 2.75) is 27.7 Å². The normalized spacial score (nSPS) is 10.6. The van der Waals surface area contributed by atoms with E-state index in [9.17, 15) is 0 Å². The molecule has 0 atom stereocenters. The van der Waals surface area contributed by atoms with Gasteiger partial charge in [-0.3, -0.25) is 0 Å². The van der Waals surface area contributed by atoms with Gasteiger partial charge in [0.15, 0.2) is 0 Å². The minimum Gasteiger partial charge on any atom is -0.493 e. The second kappa shape index (κ2) is 4.88. The van der Waals surface area contributed by atoms with Gasteiger partial charge in [0.05, 0.1) is 17.8 Å². The molecular formula is C14H17NOS. The van der Waals surface area contributed by atoms with Crippen molar-refractivity contribution in [3.8, 4) is 17.0 Å². The predicted molar refractivity (Wildman–Crippen MR) is 72.9 cm³/mol. The molecule has 2 nitrogen and oxygen atoms in total. The van der Waals surface area contributed by atoms with Crippen molar-refractivity contribution in [3.05, 3.63) is 33.6 Å². The summed E-state index contributed by atoms with van der Waals surface area (Å²) in [5.74, 6) is 1.02. The van der Waals surface area contributed by atoms with Gasteiger partial charge in [0.1, 0.15) is 5.75 Å². The highest BCUT2D eigenvalue weighted by atomic mass is 32.1. The number of aryl methyl sites for hydroxylation is 1. The Morgan fingerprint density at radius 3 is 2.59 bits per heavy atom. The van der Waals surface area contributed by atoms with Crippen LogP contribution in [-0.2, 0) is 0 Å². The molecule has 17 heavy (non-hydrogen) atoms. The summed E-state index contributed by atoms with van der Waals surface area (Å²) in [6, 6.07) is 2.17. The molecule has 0 aliphatic heterocycles. The van der Waals surface area contributed by atoms with E-state index in [1.54, 1.807) is 11.3 Å². The Morgan fingerprint density at radius 2 is 2.00 bits per heavy atom. The van der Waals surface area contributed by atoms with E-state index in [0.717, 1.165) is 11.4 Å².